The number of aliphatic carboxylic acids is 1. The fraction of sp³-hybridized carbons (Fsp3) is 0.500. The Bertz CT molecular complexity index is 574. The van der Waals surface area contributed by atoms with Crippen LogP contribution in [0.1, 0.15) is 26.7 Å². The number of nitro benzene ring substituents is 1. The van der Waals surface area contributed by atoms with E-state index in [1.165, 1.54) is 6.07 Å². The van der Waals surface area contributed by atoms with Crippen LogP contribution in [0.4, 0.5) is 11.4 Å². The Morgan fingerprint density at radius 1 is 1.57 bits per heavy atom. The number of nitrogens with zero attached hydrogens (tertiary/aromatic N) is 2. The van der Waals surface area contributed by atoms with E-state index in [1.54, 1.807) is 30.9 Å². The molecule has 1 N–H and O–H groups in total. The van der Waals surface area contributed by atoms with Crippen LogP contribution in [0.2, 0.25) is 0 Å². The van der Waals surface area contributed by atoms with E-state index in [0.717, 1.165) is 6.42 Å². The van der Waals surface area contributed by atoms with Crippen molar-refractivity contribution >= 4 is 17.3 Å². The first-order chi connectivity index (χ1) is 9.90. The van der Waals surface area contributed by atoms with Gasteiger partial charge >= 0.3 is 11.7 Å². The molecule has 0 bridgehead atoms. The normalized spacial score (nSPS) is 21.3. The second-order valence-corrected chi connectivity index (χ2v) is 5.18. The first kappa shape index (κ1) is 15.1. The monoisotopic (exact) mass is 294 g/mol. The Labute approximate surface area is 122 Å². The molecule has 0 saturated carbocycles. The number of hydrogen-bond acceptors (Lipinski definition) is 5. The highest BCUT2D eigenvalue weighted by atomic mass is 16.6. The van der Waals surface area contributed by atoms with Gasteiger partial charge in [0.05, 0.1) is 11.5 Å². The second kappa shape index (κ2) is 5.59. The number of nitro groups is 1. The number of anilines is 1. The SMILES string of the molecule is CCOc1cc(N2CCCC2(C)C(=O)O)ccc1[N+](=O)[O-]. The van der Waals surface area contributed by atoms with E-state index in [4.69, 9.17) is 4.74 Å². The van der Waals surface area contributed by atoms with Crippen molar-refractivity contribution in [2.75, 3.05) is 18.1 Å². The van der Waals surface area contributed by atoms with Crippen LogP contribution in [0.25, 0.3) is 0 Å². The van der Waals surface area contributed by atoms with E-state index in [2.05, 4.69) is 0 Å². The largest absolute Gasteiger partial charge is 0.487 e. The number of hydrogen-bond donors (Lipinski definition) is 1. The van der Waals surface area contributed by atoms with Gasteiger partial charge in [0, 0.05) is 24.4 Å². The van der Waals surface area contributed by atoms with Gasteiger partial charge in [-0.1, -0.05) is 0 Å². The Balaban J connectivity index is 2.43. The van der Waals surface area contributed by atoms with Gasteiger partial charge in [-0.05, 0) is 32.8 Å². The molecule has 1 heterocycles. The summed E-state index contributed by atoms with van der Waals surface area (Å²) in [7, 11) is 0. The van der Waals surface area contributed by atoms with Crippen molar-refractivity contribution in [3.8, 4) is 5.75 Å². The predicted molar refractivity (Wildman–Crippen MR) is 76.9 cm³/mol. The van der Waals surface area contributed by atoms with E-state index in [1.807, 2.05) is 0 Å². The Morgan fingerprint density at radius 3 is 2.86 bits per heavy atom. The van der Waals surface area contributed by atoms with Gasteiger partial charge in [-0.3, -0.25) is 10.1 Å². The molecule has 1 aromatic rings. The second-order valence-electron chi connectivity index (χ2n) is 5.18. The summed E-state index contributed by atoms with van der Waals surface area (Å²) < 4.78 is 5.31. The predicted octanol–water partition coefficient (Wildman–Crippen LogP) is 2.44. The minimum atomic E-state index is -0.986. The molecule has 7 nitrogen and oxygen atoms in total. The van der Waals surface area contributed by atoms with Crippen LogP contribution in [-0.4, -0.2) is 34.7 Å². The van der Waals surface area contributed by atoms with Crippen molar-refractivity contribution in [1.29, 1.82) is 0 Å². The average Bonchev–Trinajstić information content (AvgIpc) is 2.82. The van der Waals surface area contributed by atoms with Crippen molar-refractivity contribution in [2.24, 2.45) is 0 Å². The molecule has 1 aliphatic heterocycles. The number of carboxylic acids is 1. The molecule has 7 heteroatoms. The van der Waals surface area contributed by atoms with E-state index >= 15 is 0 Å². The zero-order valence-corrected chi connectivity index (χ0v) is 12.0. The third kappa shape index (κ3) is 2.63. The van der Waals surface area contributed by atoms with E-state index in [9.17, 15) is 20.0 Å². The van der Waals surface area contributed by atoms with Crippen molar-refractivity contribution in [1.82, 2.24) is 0 Å². The first-order valence-corrected chi connectivity index (χ1v) is 6.82. The highest BCUT2D eigenvalue weighted by Gasteiger charge is 2.43. The lowest BCUT2D eigenvalue weighted by atomic mass is 9.98. The molecule has 1 aromatic carbocycles. The standard InChI is InChI=1S/C14H18N2O5/c1-3-21-12-9-10(5-6-11(12)16(19)20)15-8-4-7-14(15,2)13(17)18/h5-6,9H,3-4,7-8H2,1-2H3,(H,17,18). The number of ether oxygens (including phenoxy) is 1. The topological polar surface area (TPSA) is 92.9 Å². The van der Waals surface area contributed by atoms with Crippen molar-refractivity contribution < 1.29 is 19.6 Å². The number of rotatable bonds is 5. The van der Waals surface area contributed by atoms with Gasteiger partial charge in [-0.15, -0.1) is 0 Å². The van der Waals surface area contributed by atoms with Crippen molar-refractivity contribution in [3.63, 3.8) is 0 Å². The maximum atomic E-state index is 11.5. The van der Waals surface area contributed by atoms with Gasteiger partial charge in [0.15, 0.2) is 5.75 Å². The molecule has 0 aromatic heterocycles. The summed E-state index contributed by atoms with van der Waals surface area (Å²) in [4.78, 5) is 23.8. The maximum absolute atomic E-state index is 11.5. The third-order valence-corrected chi connectivity index (χ3v) is 3.85. The fourth-order valence-corrected chi connectivity index (χ4v) is 2.69. The van der Waals surface area contributed by atoms with Crippen molar-refractivity contribution in [2.45, 2.75) is 32.2 Å². The lowest BCUT2D eigenvalue weighted by Gasteiger charge is -2.33. The molecule has 1 saturated heterocycles. The molecule has 114 valence electrons. The summed E-state index contributed by atoms with van der Waals surface area (Å²) in [5.41, 5.74) is -0.470. The van der Waals surface area contributed by atoms with E-state index in [0.29, 0.717) is 25.3 Å². The third-order valence-electron chi connectivity index (χ3n) is 3.85. The molecule has 1 atom stereocenters. The van der Waals surface area contributed by atoms with Gasteiger partial charge in [0.25, 0.3) is 0 Å². The van der Waals surface area contributed by atoms with Gasteiger partial charge < -0.3 is 14.7 Å². The van der Waals surface area contributed by atoms with Crippen LogP contribution >= 0.6 is 0 Å². The molecule has 0 amide bonds. The van der Waals surface area contributed by atoms with Gasteiger partial charge in [-0.2, -0.15) is 0 Å². The summed E-state index contributed by atoms with van der Waals surface area (Å²) in [6, 6.07) is 4.49. The van der Waals surface area contributed by atoms with Crippen molar-refractivity contribution in [3.05, 3.63) is 28.3 Å². The Morgan fingerprint density at radius 2 is 2.29 bits per heavy atom. The maximum Gasteiger partial charge on any atom is 0.329 e. The highest BCUT2D eigenvalue weighted by molar-refractivity contribution is 5.84. The Kier molecular flexibility index (Phi) is 4.02. The van der Waals surface area contributed by atoms with E-state index < -0.39 is 16.4 Å². The molecule has 1 aliphatic rings. The minimum absolute atomic E-state index is 0.114. The molecule has 0 radical (unpaired) electrons. The van der Waals surface area contributed by atoms with Gasteiger partial charge in [-0.25, -0.2) is 4.79 Å². The minimum Gasteiger partial charge on any atom is -0.487 e. The first-order valence-electron chi connectivity index (χ1n) is 6.82. The molecule has 0 spiro atoms. The molecule has 0 aliphatic carbocycles. The quantitative estimate of drug-likeness (QED) is 0.662. The lowest BCUT2D eigenvalue weighted by Crippen LogP contribution is -2.48. The highest BCUT2D eigenvalue weighted by Crippen LogP contribution is 2.38. The number of benzene rings is 1. The zero-order valence-electron chi connectivity index (χ0n) is 12.0. The Hall–Kier alpha value is -2.31. The smallest absolute Gasteiger partial charge is 0.329 e. The molecular weight excluding hydrogens is 276 g/mol. The number of carboxylic acid groups (broad SMARTS) is 1. The van der Waals surface area contributed by atoms with Crippen LogP contribution < -0.4 is 9.64 Å². The van der Waals surface area contributed by atoms with E-state index in [-0.39, 0.29) is 11.4 Å². The average molecular weight is 294 g/mol. The summed E-state index contributed by atoms with van der Waals surface area (Å²) in [5.74, 6) is -0.726. The van der Waals surface area contributed by atoms with Crippen LogP contribution in [0, 0.1) is 10.1 Å². The van der Waals surface area contributed by atoms with Gasteiger partial charge in [0.2, 0.25) is 0 Å². The molecule has 1 unspecified atom stereocenters. The summed E-state index contributed by atoms with van der Waals surface area (Å²) in [6.07, 6.45) is 1.31. The molecule has 21 heavy (non-hydrogen) atoms. The van der Waals surface area contributed by atoms with Crippen LogP contribution in [0.15, 0.2) is 18.2 Å². The summed E-state index contributed by atoms with van der Waals surface area (Å²) in [6.45, 7) is 4.32. The zero-order chi connectivity index (χ0) is 15.6. The summed E-state index contributed by atoms with van der Waals surface area (Å²) >= 11 is 0. The van der Waals surface area contributed by atoms with Crippen LogP contribution in [-0.2, 0) is 4.79 Å². The van der Waals surface area contributed by atoms with Crippen LogP contribution in [0.5, 0.6) is 5.75 Å². The fourth-order valence-electron chi connectivity index (χ4n) is 2.69. The number of carbonyl (C=O) groups is 1. The summed E-state index contributed by atoms with van der Waals surface area (Å²) in [5, 5.41) is 20.4. The molecule has 2 rings (SSSR count). The lowest BCUT2D eigenvalue weighted by molar-refractivity contribution is -0.385. The van der Waals surface area contributed by atoms with Crippen LogP contribution in [0.3, 0.4) is 0 Å². The van der Waals surface area contributed by atoms with Gasteiger partial charge in [0.1, 0.15) is 5.54 Å². The molecular formula is C14H18N2O5. The molecule has 1 fully saturated rings.